The molecule has 1 saturated heterocycles. The molecule has 8 heteroatoms. The molecule has 160 valence electrons. The number of hydrogen-bond acceptors (Lipinski definition) is 5. The average Bonchev–Trinajstić information content (AvgIpc) is 3.43. The van der Waals surface area contributed by atoms with Gasteiger partial charge in [0.25, 0.3) is 0 Å². The van der Waals surface area contributed by atoms with Crippen molar-refractivity contribution in [2.24, 2.45) is 5.92 Å². The van der Waals surface area contributed by atoms with Crippen molar-refractivity contribution in [2.45, 2.75) is 19.4 Å². The van der Waals surface area contributed by atoms with E-state index in [0.29, 0.717) is 17.2 Å². The summed E-state index contributed by atoms with van der Waals surface area (Å²) >= 11 is 3.54. The molecule has 5 rings (SSSR count). The molecule has 1 atom stereocenters. The summed E-state index contributed by atoms with van der Waals surface area (Å²) in [7, 11) is 0. The fourth-order valence-electron chi connectivity index (χ4n) is 4.31. The van der Waals surface area contributed by atoms with Gasteiger partial charge in [-0.2, -0.15) is 9.61 Å². The summed E-state index contributed by atoms with van der Waals surface area (Å²) in [5.41, 5.74) is 3.40. The van der Waals surface area contributed by atoms with Gasteiger partial charge in [-0.15, -0.1) is 0 Å². The maximum Gasteiger partial charge on any atom is 0.172 e. The third-order valence-corrected chi connectivity index (χ3v) is 6.40. The number of aromatic hydroxyl groups is 1. The predicted molar refractivity (Wildman–Crippen MR) is 125 cm³/mol. The number of phenols is 1. The number of aromatic amines is 1. The lowest BCUT2D eigenvalue weighted by Crippen LogP contribution is -2.37. The standard InChI is InChI=1S/C23H25BrN6O/c24-19-13-27-30-22(11-20(28-23(19)30)18-7-1-2-8-21(18)31)26-12-16-5-4-10-29(14-16)15-17-6-3-9-25-17/h1-3,6-9,11,13,16,25-26,31H,4-5,10,12,14-15H2. The summed E-state index contributed by atoms with van der Waals surface area (Å²) < 4.78 is 2.63. The molecule has 0 saturated carbocycles. The smallest absolute Gasteiger partial charge is 0.172 e. The molecule has 4 aromatic rings. The Morgan fingerprint density at radius 1 is 1.23 bits per heavy atom. The number of rotatable bonds is 6. The number of likely N-dealkylation sites (tertiary alicyclic amines) is 1. The quantitative estimate of drug-likeness (QED) is 0.378. The van der Waals surface area contributed by atoms with E-state index in [1.54, 1.807) is 12.3 Å². The van der Waals surface area contributed by atoms with Crippen LogP contribution in [0, 0.1) is 5.92 Å². The topological polar surface area (TPSA) is 81.5 Å². The van der Waals surface area contributed by atoms with E-state index in [0.717, 1.165) is 42.1 Å². The molecule has 31 heavy (non-hydrogen) atoms. The predicted octanol–water partition coefficient (Wildman–Crippen LogP) is 4.52. The summed E-state index contributed by atoms with van der Waals surface area (Å²) in [6, 6.07) is 13.4. The van der Waals surface area contributed by atoms with E-state index >= 15 is 0 Å². The third kappa shape index (κ3) is 4.31. The van der Waals surface area contributed by atoms with Gasteiger partial charge in [0.1, 0.15) is 11.6 Å². The number of nitrogens with zero attached hydrogens (tertiary/aromatic N) is 4. The average molecular weight is 481 g/mol. The Morgan fingerprint density at radius 3 is 2.97 bits per heavy atom. The lowest BCUT2D eigenvalue weighted by atomic mass is 9.98. The van der Waals surface area contributed by atoms with Crippen LogP contribution in [0.25, 0.3) is 16.9 Å². The minimum atomic E-state index is 0.216. The van der Waals surface area contributed by atoms with Gasteiger partial charge in [-0.25, -0.2) is 4.98 Å². The van der Waals surface area contributed by atoms with Crippen molar-refractivity contribution in [3.63, 3.8) is 0 Å². The Hall–Kier alpha value is -2.84. The van der Waals surface area contributed by atoms with Gasteiger partial charge in [-0.3, -0.25) is 4.90 Å². The normalized spacial score (nSPS) is 17.3. The van der Waals surface area contributed by atoms with Crippen molar-refractivity contribution in [3.8, 4) is 17.0 Å². The SMILES string of the molecule is Oc1ccccc1-c1cc(NCC2CCCN(Cc3ccc[nH]3)C2)n2ncc(Br)c2n1. The third-order valence-electron chi connectivity index (χ3n) is 5.84. The minimum Gasteiger partial charge on any atom is -0.507 e. The number of benzene rings is 1. The maximum absolute atomic E-state index is 10.3. The van der Waals surface area contributed by atoms with Crippen LogP contribution in [0.1, 0.15) is 18.5 Å². The van der Waals surface area contributed by atoms with Gasteiger partial charge in [0.15, 0.2) is 5.65 Å². The molecule has 0 radical (unpaired) electrons. The van der Waals surface area contributed by atoms with Crippen LogP contribution in [0.4, 0.5) is 5.82 Å². The Balaban J connectivity index is 1.35. The van der Waals surface area contributed by atoms with Crippen LogP contribution in [0.2, 0.25) is 0 Å². The zero-order valence-corrected chi connectivity index (χ0v) is 18.7. The van der Waals surface area contributed by atoms with Crippen LogP contribution in [0.5, 0.6) is 5.75 Å². The highest BCUT2D eigenvalue weighted by Crippen LogP contribution is 2.31. The van der Waals surface area contributed by atoms with Gasteiger partial charge in [0.2, 0.25) is 0 Å². The molecule has 3 N–H and O–H groups in total. The lowest BCUT2D eigenvalue weighted by Gasteiger charge is -2.32. The van der Waals surface area contributed by atoms with Crippen LogP contribution in [-0.4, -0.2) is 49.2 Å². The van der Waals surface area contributed by atoms with E-state index in [-0.39, 0.29) is 5.75 Å². The van der Waals surface area contributed by atoms with Crippen molar-refractivity contribution >= 4 is 27.4 Å². The highest BCUT2D eigenvalue weighted by atomic mass is 79.9. The van der Waals surface area contributed by atoms with Crippen molar-refractivity contribution in [3.05, 3.63) is 65.0 Å². The van der Waals surface area contributed by atoms with Crippen LogP contribution >= 0.6 is 15.9 Å². The number of hydrogen-bond donors (Lipinski definition) is 3. The van der Waals surface area contributed by atoms with E-state index in [1.165, 1.54) is 18.5 Å². The molecule has 7 nitrogen and oxygen atoms in total. The molecule has 1 unspecified atom stereocenters. The van der Waals surface area contributed by atoms with E-state index in [1.807, 2.05) is 35.0 Å². The van der Waals surface area contributed by atoms with E-state index in [9.17, 15) is 5.11 Å². The van der Waals surface area contributed by atoms with E-state index in [4.69, 9.17) is 4.98 Å². The Morgan fingerprint density at radius 2 is 2.13 bits per heavy atom. The fourth-order valence-corrected chi connectivity index (χ4v) is 4.66. The summed E-state index contributed by atoms with van der Waals surface area (Å²) in [5, 5.41) is 18.4. The Labute approximate surface area is 189 Å². The summed E-state index contributed by atoms with van der Waals surface area (Å²) in [6.07, 6.45) is 6.14. The van der Waals surface area contributed by atoms with Crippen molar-refractivity contribution in [2.75, 3.05) is 25.0 Å². The number of para-hydroxylation sites is 1. The van der Waals surface area contributed by atoms with Gasteiger partial charge < -0.3 is 15.4 Å². The van der Waals surface area contributed by atoms with Gasteiger partial charge in [0, 0.05) is 43.2 Å². The second kappa shape index (κ2) is 8.72. The van der Waals surface area contributed by atoms with E-state index in [2.05, 4.69) is 48.4 Å². The van der Waals surface area contributed by atoms with Gasteiger partial charge in [-0.1, -0.05) is 12.1 Å². The molecule has 1 fully saturated rings. The zero-order valence-electron chi connectivity index (χ0n) is 17.1. The molecular formula is C23H25BrN6O. The number of H-pyrrole nitrogens is 1. The number of phenolic OH excluding ortho intramolecular Hbond substituents is 1. The monoisotopic (exact) mass is 480 g/mol. The highest BCUT2D eigenvalue weighted by molar-refractivity contribution is 9.10. The number of anilines is 1. The van der Waals surface area contributed by atoms with Crippen molar-refractivity contribution in [1.82, 2.24) is 24.5 Å². The molecule has 0 aliphatic carbocycles. The van der Waals surface area contributed by atoms with Gasteiger partial charge >= 0.3 is 0 Å². The summed E-state index contributed by atoms with van der Waals surface area (Å²) in [5.74, 6) is 1.64. The zero-order chi connectivity index (χ0) is 21.2. The Kier molecular flexibility index (Phi) is 5.65. The van der Waals surface area contributed by atoms with Crippen LogP contribution in [0.15, 0.2) is 59.3 Å². The molecule has 1 aliphatic rings. The van der Waals surface area contributed by atoms with Gasteiger partial charge in [-0.05, 0) is 65.5 Å². The fraction of sp³-hybridized carbons (Fsp3) is 0.304. The number of piperidine rings is 1. The van der Waals surface area contributed by atoms with E-state index < -0.39 is 0 Å². The number of nitrogens with one attached hydrogen (secondary N) is 2. The first kappa shape index (κ1) is 20.1. The molecule has 0 amide bonds. The summed E-state index contributed by atoms with van der Waals surface area (Å²) in [4.78, 5) is 10.5. The molecule has 4 heterocycles. The van der Waals surface area contributed by atoms with Crippen LogP contribution < -0.4 is 5.32 Å². The molecule has 0 spiro atoms. The minimum absolute atomic E-state index is 0.216. The van der Waals surface area contributed by atoms with Crippen LogP contribution in [-0.2, 0) is 6.54 Å². The molecule has 1 aromatic carbocycles. The lowest BCUT2D eigenvalue weighted by molar-refractivity contribution is 0.171. The molecule has 1 aliphatic heterocycles. The first-order chi connectivity index (χ1) is 15.2. The first-order valence-electron chi connectivity index (χ1n) is 10.6. The highest BCUT2D eigenvalue weighted by Gasteiger charge is 2.21. The second-order valence-corrected chi connectivity index (χ2v) is 8.95. The maximum atomic E-state index is 10.3. The second-order valence-electron chi connectivity index (χ2n) is 8.09. The van der Waals surface area contributed by atoms with Crippen molar-refractivity contribution < 1.29 is 5.11 Å². The van der Waals surface area contributed by atoms with Crippen molar-refractivity contribution in [1.29, 1.82) is 0 Å². The largest absolute Gasteiger partial charge is 0.507 e. The van der Waals surface area contributed by atoms with Crippen LogP contribution in [0.3, 0.4) is 0 Å². The molecule has 0 bridgehead atoms. The first-order valence-corrected chi connectivity index (χ1v) is 11.4. The summed E-state index contributed by atoms with van der Waals surface area (Å²) in [6.45, 7) is 4.03. The van der Waals surface area contributed by atoms with Gasteiger partial charge in [0.05, 0.1) is 16.4 Å². The number of aromatic nitrogens is 4. The molecule has 3 aromatic heterocycles. The number of fused-ring (bicyclic) bond motifs is 1. The number of halogens is 1. The molecular weight excluding hydrogens is 456 g/mol. The Bertz CT molecular complexity index is 1170.